The maximum Gasteiger partial charge on any atom is 0.257 e. The van der Waals surface area contributed by atoms with Gasteiger partial charge in [-0.3, -0.25) is 9.78 Å². The van der Waals surface area contributed by atoms with E-state index in [0.29, 0.717) is 16.4 Å². The highest BCUT2D eigenvalue weighted by Gasteiger charge is 2.24. The summed E-state index contributed by atoms with van der Waals surface area (Å²) in [5.74, 6) is -0.185. The molecule has 0 spiro atoms. The van der Waals surface area contributed by atoms with Crippen molar-refractivity contribution >= 4 is 23.2 Å². The molecule has 3 aromatic heterocycles. The molecule has 3 aromatic rings. The smallest absolute Gasteiger partial charge is 0.257 e. The highest BCUT2D eigenvalue weighted by molar-refractivity contribution is 6.29. The summed E-state index contributed by atoms with van der Waals surface area (Å²) in [5.41, 5.74) is 5.24. The Balaban J connectivity index is 1.73. The molecule has 2 N–H and O–H groups in total. The minimum atomic E-state index is -0.185. The number of halogens is 1. The average molecular weight is 339 g/mol. The number of nitrogens with one attached hydrogen (secondary N) is 2. The fraction of sp³-hybridized carbons (Fsp3) is 0.167. The molecule has 0 aromatic carbocycles. The van der Waals surface area contributed by atoms with Gasteiger partial charge in [0.25, 0.3) is 5.91 Å². The molecule has 0 saturated heterocycles. The first-order valence-corrected chi connectivity index (χ1v) is 8.17. The van der Waals surface area contributed by atoms with E-state index in [4.69, 9.17) is 11.6 Å². The SMILES string of the molecule is O=C(Nc1ccc(Cl)nc1)c1c[nH]c2c1-c1ncccc1CCC2. The molecule has 4 rings (SSSR count). The van der Waals surface area contributed by atoms with Crippen LogP contribution < -0.4 is 5.32 Å². The molecule has 24 heavy (non-hydrogen) atoms. The number of aryl methyl sites for hydroxylation is 2. The zero-order valence-corrected chi connectivity index (χ0v) is 13.6. The first kappa shape index (κ1) is 14.9. The lowest BCUT2D eigenvalue weighted by molar-refractivity contribution is 0.102. The lowest BCUT2D eigenvalue weighted by atomic mass is 10.0. The van der Waals surface area contributed by atoms with Gasteiger partial charge in [-0.25, -0.2) is 4.98 Å². The number of aromatic amines is 1. The van der Waals surface area contributed by atoms with Gasteiger partial charge in [0.2, 0.25) is 0 Å². The molecule has 120 valence electrons. The average Bonchev–Trinajstić information content (AvgIpc) is 2.93. The van der Waals surface area contributed by atoms with E-state index < -0.39 is 0 Å². The minimum Gasteiger partial charge on any atom is -0.364 e. The van der Waals surface area contributed by atoms with Gasteiger partial charge in [0.05, 0.1) is 23.1 Å². The second kappa shape index (κ2) is 6.09. The maximum atomic E-state index is 12.7. The molecule has 3 heterocycles. The normalized spacial score (nSPS) is 12.9. The Kier molecular flexibility index (Phi) is 3.78. The van der Waals surface area contributed by atoms with Gasteiger partial charge in [0, 0.05) is 23.7 Å². The summed E-state index contributed by atoms with van der Waals surface area (Å²) >= 11 is 5.78. The maximum absolute atomic E-state index is 12.7. The third-order valence-corrected chi connectivity index (χ3v) is 4.42. The van der Waals surface area contributed by atoms with E-state index in [1.165, 1.54) is 11.8 Å². The zero-order chi connectivity index (χ0) is 16.5. The van der Waals surface area contributed by atoms with E-state index in [2.05, 4.69) is 26.3 Å². The van der Waals surface area contributed by atoms with Crippen LogP contribution >= 0.6 is 11.6 Å². The van der Waals surface area contributed by atoms with Gasteiger partial charge < -0.3 is 10.3 Å². The Morgan fingerprint density at radius 2 is 2.12 bits per heavy atom. The van der Waals surface area contributed by atoms with E-state index in [9.17, 15) is 4.79 Å². The Hall–Kier alpha value is -2.66. The van der Waals surface area contributed by atoms with Crippen LogP contribution in [0.2, 0.25) is 5.15 Å². The Bertz CT molecular complexity index is 902. The zero-order valence-electron chi connectivity index (χ0n) is 12.8. The van der Waals surface area contributed by atoms with Gasteiger partial charge in [-0.1, -0.05) is 17.7 Å². The molecule has 0 unspecified atom stereocenters. The Labute approximate surface area is 144 Å². The third kappa shape index (κ3) is 2.67. The van der Waals surface area contributed by atoms with Crippen molar-refractivity contribution in [2.75, 3.05) is 5.32 Å². The number of carbonyl (C=O) groups excluding carboxylic acids is 1. The third-order valence-electron chi connectivity index (χ3n) is 4.19. The predicted octanol–water partition coefficient (Wildman–Crippen LogP) is 3.87. The molecular formula is C18H15ClN4O. The Morgan fingerprint density at radius 3 is 2.96 bits per heavy atom. The van der Waals surface area contributed by atoms with Crippen LogP contribution in [0.5, 0.6) is 0 Å². The quantitative estimate of drug-likeness (QED) is 0.697. The lowest BCUT2D eigenvalue weighted by Crippen LogP contribution is -2.12. The van der Waals surface area contributed by atoms with Gasteiger partial charge in [-0.2, -0.15) is 0 Å². The van der Waals surface area contributed by atoms with Gasteiger partial charge in [-0.15, -0.1) is 0 Å². The van der Waals surface area contributed by atoms with Gasteiger partial charge in [0.1, 0.15) is 5.15 Å². The molecule has 1 amide bonds. The van der Waals surface area contributed by atoms with Crippen molar-refractivity contribution in [2.24, 2.45) is 0 Å². The topological polar surface area (TPSA) is 70.7 Å². The number of H-pyrrole nitrogens is 1. The summed E-state index contributed by atoms with van der Waals surface area (Å²) in [4.78, 5) is 24.5. The molecule has 0 bridgehead atoms. The standard InChI is InChI=1S/C18H15ClN4O/c19-15-7-6-12(9-22-15)23-18(24)13-10-21-14-5-1-3-11-4-2-8-20-17(11)16(13)14/h2,4,6-10,21H,1,3,5H2,(H,23,24). The Morgan fingerprint density at radius 1 is 1.21 bits per heavy atom. The molecule has 0 radical (unpaired) electrons. The fourth-order valence-corrected chi connectivity index (χ4v) is 3.19. The van der Waals surface area contributed by atoms with Gasteiger partial charge in [0.15, 0.2) is 0 Å². The number of anilines is 1. The number of carbonyl (C=O) groups is 1. The van der Waals surface area contributed by atoms with Crippen LogP contribution in [0.1, 0.15) is 28.0 Å². The van der Waals surface area contributed by atoms with Crippen LogP contribution in [0.25, 0.3) is 11.3 Å². The molecule has 0 atom stereocenters. The van der Waals surface area contributed by atoms with Crippen molar-refractivity contribution < 1.29 is 4.79 Å². The highest BCUT2D eigenvalue weighted by atomic mass is 35.5. The van der Waals surface area contributed by atoms with E-state index in [1.54, 1.807) is 24.5 Å². The molecule has 0 fully saturated rings. The summed E-state index contributed by atoms with van der Waals surface area (Å²) in [7, 11) is 0. The number of fused-ring (bicyclic) bond motifs is 3. The lowest BCUT2D eigenvalue weighted by Gasteiger charge is -2.08. The van der Waals surface area contributed by atoms with Gasteiger partial charge >= 0.3 is 0 Å². The van der Waals surface area contributed by atoms with Crippen molar-refractivity contribution in [3.05, 3.63) is 64.8 Å². The van der Waals surface area contributed by atoms with Crippen LogP contribution in [-0.4, -0.2) is 20.9 Å². The first-order chi connectivity index (χ1) is 11.7. The van der Waals surface area contributed by atoms with Crippen LogP contribution in [0.15, 0.2) is 42.9 Å². The van der Waals surface area contributed by atoms with Crippen LogP contribution in [-0.2, 0) is 12.8 Å². The van der Waals surface area contributed by atoms with E-state index in [-0.39, 0.29) is 5.91 Å². The molecule has 0 aliphatic heterocycles. The van der Waals surface area contributed by atoms with E-state index >= 15 is 0 Å². The second-order valence-corrected chi connectivity index (χ2v) is 6.13. The number of hydrogen-bond acceptors (Lipinski definition) is 3. The van der Waals surface area contributed by atoms with E-state index in [0.717, 1.165) is 36.2 Å². The molecule has 0 saturated carbocycles. The number of amides is 1. The summed E-state index contributed by atoms with van der Waals surface area (Å²) in [6, 6.07) is 7.39. The predicted molar refractivity (Wildman–Crippen MR) is 93.2 cm³/mol. The number of nitrogens with zero attached hydrogens (tertiary/aromatic N) is 2. The molecular weight excluding hydrogens is 324 g/mol. The van der Waals surface area contributed by atoms with Crippen LogP contribution in [0, 0.1) is 0 Å². The van der Waals surface area contributed by atoms with Crippen molar-refractivity contribution in [3.63, 3.8) is 0 Å². The summed E-state index contributed by atoms with van der Waals surface area (Å²) in [6.45, 7) is 0. The molecule has 1 aliphatic carbocycles. The number of pyridine rings is 2. The first-order valence-electron chi connectivity index (χ1n) is 7.80. The van der Waals surface area contributed by atoms with Crippen molar-refractivity contribution in [1.29, 1.82) is 0 Å². The summed E-state index contributed by atoms with van der Waals surface area (Å²) in [6.07, 6.45) is 7.97. The number of rotatable bonds is 2. The van der Waals surface area contributed by atoms with Gasteiger partial charge in [-0.05, 0) is 43.0 Å². The van der Waals surface area contributed by atoms with Crippen molar-refractivity contribution in [1.82, 2.24) is 15.0 Å². The molecule has 5 nitrogen and oxygen atoms in total. The fourth-order valence-electron chi connectivity index (χ4n) is 3.08. The molecule has 6 heteroatoms. The largest absolute Gasteiger partial charge is 0.364 e. The van der Waals surface area contributed by atoms with Crippen LogP contribution in [0.3, 0.4) is 0 Å². The summed E-state index contributed by atoms with van der Waals surface area (Å²) < 4.78 is 0. The molecule has 1 aliphatic rings. The highest BCUT2D eigenvalue weighted by Crippen LogP contribution is 2.33. The van der Waals surface area contributed by atoms with Crippen molar-refractivity contribution in [2.45, 2.75) is 19.3 Å². The number of hydrogen-bond donors (Lipinski definition) is 2. The van der Waals surface area contributed by atoms with E-state index in [1.807, 2.05) is 6.07 Å². The monoisotopic (exact) mass is 338 g/mol. The van der Waals surface area contributed by atoms with Crippen LogP contribution in [0.4, 0.5) is 5.69 Å². The number of aromatic nitrogens is 3. The summed E-state index contributed by atoms with van der Waals surface area (Å²) in [5, 5.41) is 3.26. The van der Waals surface area contributed by atoms with Crippen molar-refractivity contribution in [3.8, 4) is 11.3 Å². The second-order valence-electron chi connectivity index (χ2n) is 5.74. The minimum absolute atomic E-state index is 0.185.